The summed E-state index contributed by atoms with van der Waals surface area (Å²) in [7, 11) is 0. The molecule has 0 N–H and O–H groups in total. The molecule has 1 aliphatic heterocycles. The van der Waals surface area contributed by atoms with Gasteiger partial charge in [-0.3, -0.25) is 4.79 Å². The van der Waals surface area contributed by atoms with Crippen molar-refractivity contribution in [2.45, 2.75) is 51.4 Å². The minimum Gasteiger partial charge on any atom is -0.490 e. The van der Waals surface area contributed by atoms with Crippen molar-refractivity contribution >= 4 is 5.78 Å². The van der Waals surface area contributed by atoms with Crippen molar-refractivity contribution in [1.82, 2.24) is 0 Å². The minimum absolute atomic E-state index is 0.0906. The first-order valence-electron chi connectivity index (χ1n) is 7.75. The molecule has 3 heteroatoms. The Morgan fingerprint density at radius 1 is 1.10 bits per heavy atom. The van der Waals surface area contributed by atoms with Crippen LogP contribution in [0.2, 0.25) is 0 Å². The number of fused-ring (bicyclic) bond motifs is 1. The summed E-state index contributed by atoms with van der Waals surface area (Å²) in [5, 5.41) is 0. The summed E-state index contributed by atoms with van der Waals surface area (Å²) in [5.74, 6) is 0.204. The number of benzene rings is 1. The average Bonchev–Trinajstić information content (AvgIpc) is 2.73. The Kier molecular flexibility index (Phi) is 4.04. The number of ketones is 1. The molecule has 2 aliphatic rings. The van der Waals surface area contributed by atoms with Crippen molar-refractivity contribution < 1.29 is 13.9 Å². The number of halogens is 1. The maximum absolute atomic E-state index is 14.2. The van der Waals surface area contributed by atoms with Crippen LogP contribution in [0.4, 0.5) is 4.39 Å². The lowest BCUT2D eigenvalue weighted by atomic mass is 9.83. The lowest BCUT2D eigenvalue weighted by Gasteiger charge is -2.21. The summed E-state index contributed by atoms with van der Waals surface area (Å²) < 4.78 is 19.6. The molecule has 0 unspecified atom stereocenters. The van der Waals surface area contributed by atoms with Gasteiger partial charge in [-0.2, -0.15) is 0 Å². The first kappa shape index (κ1) is 13.6. The quantitative estimate of drug-likeness (QED) is 0.753. The van der Waals surface area contributed by atoms with Crippen LogP contribution in [0.5, 0.6) is 5.75 Å². The molecule has 0 spiro atoms. The largest absolute Gasteiger partial charge is 0.490 e. The van der Waals surface area contributed by atoms with Crippen molar-refractivity contribution in [1.29, 1.82) is 0 Å². The van der Waals surface area contributed by atoms with Crippen LogP contribution < -0.4 is 4.74 Å². The van der Waals surface area contributed by atoms with E-state index in [-0.39, 0.29) is 17.5 Å². The monoisotopic (exact) mass is 276 g/mol. The number of carbonyl (C=O) groups is 1. The topological polar surface area (TPSA) is 26.3 Å². The zero-order chi connectivity index (χ0) is 13.9. The predicted octanol–water partition coefficient (Wildman–Crippen LogP) is 4.30. The molecule has 3 rings (SSSR count). The normalized spacial score (nSPS) is 19.9. The van der Waals surface area contributed by atoms with Gasteiger partial charge in [-0.1, -0.05) is 19.3 Å². The summed E-state index contributed by atoms with van der Waals surface area (Å²) in [4.78, 5) is 12.5. The molecular formula is C17H21FO2. The highest BCUT2D eigenvalue weighted by Crippen LogP contribution is 2.32. The zero-order valence-electron chi connectivity index (χ0n) is 11.8. The first-order chi connectivity index (χ1) is 9.75. The standard InChI is InChI=1S/C17H21FO2/c18-15-11-14(16(19)12-6-2-1-3-7-12)10-13-8-4-5-9-20-17(13)15/h10-12H,1-9H2. The van der Waals surface area contributed by atoms with Gasteiger partial charge in [-0.05, 0) is 49.8 Å². The van der Waals surface area contributed by atoms with Crippen LogP contribution in [0.3, 0.4) is 0 Å². The van der Waals surface area contributed by atoms with Gasteiger partial charge in [0.1, 0.15) is 0 Å². The van der Waals surface area contributed by atoms with Crippen LogP contribution >= 0.6 is 0 Å². The van der Waals surface area contributed by atoms with Gasteiger partial charge in [-0.15, -0.1) is 0 Å². The van der Waals surface area contributed by atoms with Crippen LogP contribution in [0.15, 0.2) is 12.1 Å². The predicted molar refractivity (Wildman–Crippen MR) is 75.7 cm³/mol. The Balaban J connectivity index is 1.88. The number of hydrogen-bond donors (Lipinski definition) is 0. The molecule has 0 bridgehead atoms. The molecule has 1 saturated carbocycles. The molecule has 0 radical (unpaired) electrons. The number of rotatable bonds is 2. The molecule has 0 atom stereocenters. The van der Waals surface area contributed by atoms with Crippen molar-refractivity contribution in [3.05, 3.63) is 29.1 Å². The number of ether oxygens (including phenoxy) is 1. The average molecular weight is 276 g/mol. The molecule has 1 fully saturated rings. The van der Waals surface area contributed by atoms with Crippen LogP contribution in [0, 0.1) is 11.7 Å². The SMILES string of the molecule is O=C(c1cc(F)c2c(c1)CCCCO2)C1CCCCC1. The van der Waals surface area contributed by atoms with Crippen molar-refractivity contribution in [3.63, 3.8) is 0 Å². The fraction of sp³-hybridized carbons (Fsp3) is 0.588. The van der Waals surface area contributed by atoms with E-state index < -0.39 is 0 Å². The molecule has 1 aromatic carbocycles. The Labute approximate surface area is 119 Å². The van der Waals surface area contributed by atoms with Gasteiger partial charge in [0, 0.05) is 11.5 Å². The molecule has 0 aromatic heterocycles. The fourth-order valence-corrected chi connectivity index (χ4v) is 3.33. The molecule has 0 amide bonds. The molecule has 108 valence electrons. The molecule has 1 aromatic rings. The highest BCUT2D eigenvalue weighted by atomic mass is 19.1. The third-order valence-electron chi connectivity index (χ3n) is 4.47. The molecule has 1 aliphatic carbocycles. The Morgan fingerprint density at radius 3 is 2.70 bits per heavy atom. The maximum atomic E-state index is 14.2. The van der Waals surface area contributed by atoms with E-state index in [1.165, 1.54) is 12.5 Å². The number of carbonyl (C=O) groups excluding carboxylic acids is 1. The number of Topliss-reactive ketones (excluding diaryl/α,β-unsaturated/α-hetero) is 1. The summed E-state index contributed by atoms with van der Waals surface area (Å²) in [6.45, 7) is 0.569. The second-order valence-electron chi connectivity index (χ2n) is 5.95. The minimum atomic E-state index is -0.372. The van der Waals surface area contributed by atoms with E-state index in [9.17, 15) is 9.18 Å². The lowest BCUT2D eigenvalue weighted by molar-refractivity contribution is 0.0889. The van der Waals surface area contributed by atoms with Crippen LogP contribution in [-0.2, 0) is 6.42 Å². The van der Waals surface area contributed by atoms with Crippen LogP contribution in [0.25, 0.3) is 0 Å². The first-order valence-corrected chi connectivity index (χ1v) is 7.75. The second kappa shape index (κ2) is 5.94. The highest BCUT2D eigenvalue weighted by Gasteiger charge is 2.25. The maximum Gasteiger partial charge on any atom is 0.166 e. The lowest BCUT2D eigenvalue weighted by Crippen LogP contribution is -2.18. The van der Waals surface area contributed by atoms with Crippen molar-refractivity contribution in [3.8, 4) is 5.75 Å². The fourth-order valence-electron chi connectivity index (χ4n) is 3.33. The van der Waals surface area contributed by atoms with Crippen LogP contribution in [-0.4, -0.2) is 12.4 Å². The smallest absolute Gasteiger partial charge is 0.166 e. The summed E-state index contributed by atoms with van der Waals surface area (Å²) >= 11 is 0. The Morgan fingerprint density at radius 2 is 1.90 bits per heavy atom. The van der Waals surface area contributed by atoms with Gasteiger partial charge in [-0.25, -0.2) is 4.39 Å². The van der Waals surface area contributed by atoms with E-state index >= 15 is 0 Å². The van der Waals surface area contributed by atoms with Crippen LogP contribution in [0.1, 0.15) is 60.9 Å². The van der Waals surface area contributed by atoms with E-state index in [0.29, 0.717) is 17.9 Å². The van der Waals surface area contributed by atoms with E-state index in [2.05, 4.69) is 0 Å². The zero-order valence-corrected chi connectivity index (χ0v) is 11.8. The van der Waals surface area contributed by atoms with E-state index in [0.717, 1.165) is 50.5 Å². The van der Waals surface area contributed by atoms with E-state index in [1.54, 1.807) is 0 Å². The summed E-state index contributed by atoms with van der Waals surface area (Å²) in [5.41, 5.74) is 1.40. The third kappa shape index (κ3) is 2.72. The molecular weight excluding hydrogens is 255 g/mol. The molecule has 0 saturated heterocycles. The van der Waals surface area contributed by atoms with Gasteiger partial charge in [0.05, 0.1) is 6.61 Å². The highest BCUT2D eigenvalue weighted by molar-refractivity contribution is 5.98. The molecule has 1 heterocycles. The third-order valence-corrected chi connectivity index (χ3v) is 4.47. The number of aryl methyl sites for hydroxylation is 1. The van der Waals surface area contributed by atoms with Gasteiger partial charge in [0.25, 0.3) is 0 Å². The molecule has 20 heavy (non-hydrogen) atoms. The van der Waals surface area contributed by atoms with E-state index in [1.807, 2.05) is 6.07 Å². The van der Waals surface area contributed by atoms with Gasteiger partial charge in [0.2, 0.25) is 0 Å². The second-order valence-corrected chi connectivity index (χ2v) is 5.95. The Hall–Kier alpha value is -1.38. The summed E-state index contributed by atoms with van der Waals surface area (Å²) in [6.07, 6.45) is 8.10. The van der Waals surface area contributed by atoms with Gasteiger partial charge in [0.15, 0.2) is 17.3 Å². The number of hydrogen-bond acceptors (Lipinski definition) is 2. The van der Waals surface area contributed by atoms with Gasteiger partial charge >= 0.3 is 0 Å². The van der Waals surface area contributed by atoms with Gasteiger partial charge < -0.3 is 4.74 Å². The van der Waals surface area contributed by atoms with Crippen molar-refractivity contribution in [2.24, 2.45) is 5.92 Å². The molecule has 2 nitrogen and oxygen atoms in total. The summed E-state index contributed by atoms with van der Waals surface area (Å²) in [6, 6.07) is 3.24. The van der Waals surface area contributed by atoms with E-state index in [4.69, 9.17) is 4.74 Å². The Bertz CT molecular complexity index is 504. The van der Waals surface area contributed by atoms with Crippen molar-refractivity contribution in [2.75, 3.05) is 6.61 Å².